The van der Waals surface area contributed by atoms with E-state index in [9.17, 15) is 0 Å². The van der Waals surface area contributed by atoms with Gasteiger partial charge in [-0.15, -0.1) is 0 Å². The summed E-state index contributed by atoms with van der Waals surface area (Å²) >= 11 is 0. The van der Waals surface area contributed by atoms with Crippen LogP contribution < -0.4 is 20.4 Å². The molecule has 0 saturated heterocycles. The molecule has 0 fully saturated rings. The monoisotopic (exact) mass is 704 g/mol. The highest BCUT2D eigenvalue weighted by molar-refractivity contribution is 5.83. The van der Waals surface area contributed by atoms with Gasteiger partial charge in [-0.1, -0.05) is 76.9 Å². The van der Waals surface area contributed by atoms with Gasteiger partial charge < -0.3 is 18.6 Å². The van der Waals surface area contributed by atoms with Crippen LogP contribution in [0.3, 0.4) is 0 Å². The summed E-state index contributed by atoms with van der Waals surface area (Å²) in [5, 5.41) is 1.29. The van der Waals surface area contributed by atoms with E-state index in [2.05, 4.69) is 165 Å². The maximum atomic E-state index is 6.74. The van der Waals surface area contributed by atoms with E-state index in [1.165, 1.54) is 83.9 Å². The summed E-state index contributed by atoms with van der Waals surface area (Å²) < 4.78 is 13.5. The molecule has 4 nitrogen and oxygen atoms in total. The summed E-state index contributed by atoms with van der Waals surface area (Å²) in [4.78, 5) is 4.80. The minimum Gasteiger partial charge on any atom is -0.457 e. The molecule has 0 saturated carbocycles. The molecular formula is C50H44N2O2. The van der Waals surface area contributed by atoms with Crippen LogP contribution in [0.4, 0.5) is 22.7 Å². The van der Waals surface area contributed by atoms with E-state index in [4.69, 9.17) is 8.83 Å². The van der Waals surface area contributed by atoms with E-state index in [0.29, 0.717) is 0 Å². The molecule has 4 aromatic carbocycles. The molecule has 0 spiro atoms. The van der Waals surface area contributed by atoms with Crippen LogP contribution in [-0.4, -0.2) is 0 Å². The largest absolute Gasteiger partial charge is 0.457 e. The topological polar surface area (TPSA) is 32.8 Å². The van der Waals surface area contributed by atoms with Crippen molar-refractivity contribution in [1.82, 2.24) is 0 Å². The Morgan fingerprint density at radius 1 is 0.481 bits per heavy atom. The van der Waals surface area contributed by atoms with Crippen LogP contribution in [0.15, 0.2) is 123 Å². The predicted molar refractivity (Wildman–Crippen MR) is 223 cm³/mol. The zero-order valence-corrected chi connectivity index (χ0v) is 31.4. The number of rotatable bonds is 6. The molecule has 6 aromatic rings. The van der Waals surface area contributed by atoms with Crippen molar-refractivity contribution in [1.29, 1.82) is 0 Å². The molecule has 54 heavy (non-hydrogen) atoms. The lowest BCUT2D eigenvalue weighted by atomic mass is 9.77. The molecular weight excluding hydrogens is 661 g/mol. The number of hydrogen-bond acceptors (Lipinski definition) is 4. The van der Waals surface area contributed by atoms with Gasteiger partial charge in [0.05, 0.1) is 0 Å². The van der Waals surface area contributed by atoms with Crippen molar-refractivity contribution in [3.63, 3.8) is 0 Å². The SMILES string of the molecule is Cc1ccc(N(C2=Cc3oc4c(c3CC2)C2CC=c3oc5c(c3=C2C=C4)CCC(N(c2ccc(C)cc2)c2ccc(C)cc2)=C5)c2ccc(C)cc2)cc1. The average molecular weight is 705 g/mol. The molecule has 10 rings (SSSR count). The van der Waals surface area contributed by atoms with E-state index in [-0.39, 0.29) is 5.92 Å². The average Bonchev–Trinajstić information content (AvgIpc) is 3.76. The number of benzene rings is 4. The molecule has 0 aliphatic heterocycles. The first-order valence-corrected chi connectivity index (χ1v) is 19.4. The molecule has 266 valence electrons. The van der Waals surface area contributed by atoms with E-state index in [1.54, 1.807) is 0 Å². The van der Waals surface area contributed by atoms with Gasteiger partial charge in [-0.2, -0.15) is 0 Å². The first kappa shape index (κ1) is 32.6. The van der Waals surface area contributed by atoms with Gasteiger partial charge in [0.2, 0.25) is 0 Å². The van der Waals surface area contributed by atoms with Crippen LogP contribution in [0, 0.1) is 27.7 Å². The highest BCUT2D eigenvalue weighted by atomic mass is 16.3. The summed E-state index contributed by atoms with van der Waals surface area (Å²) in [6.07, 6.45) is 16.1. The number of allylic oxidation sites excluding steroid dienone is 3. The van der Waals surface area contributed by atoms with Crippen LogP contribution in [0.5, 0.6) is 0 Å². The van der Waals surface area contributed by atoms with E-state index < -0.39 is 0 Å². The molecule has 0 N–H and O–H groups in total. The first-order chi connectivity index (χ1) is 26.4. The van der Waals surface area contributed by atoms with Crippen molar-refractivity contribution in [3.05, 3.63) is 181 Å². The number of nitrogens with zero attached hydrogens (tertiary/aromatic N) is 2. The van der Waals surface area contributed by atoms with Gasteiger partial charge in [-0.05, 0) is 126 Å². The van der Waals surface area contributed by atoms with Crippen LogP contribution in [0.2, 0.25) is 0 Å². The Labute approximate surface area is 317 Å². The second-order valence-corrected chi connectivity index (χ2v) is 15.5. The molecule has 2 heterocycles. The molecule has 1 unspecified atom stereocenters. The van der Waals surface area contributed by atoms with Crippen molar-refractivity contribution in [2.24, 2.45) is 0 Å². The smallest absolute Gasteiger partial charge is 0.133 e. The van der Waals surface area contributed by atoms with Crippen molar-refractivity contribution >= 4 is 52.6 Å². The van der Waals surface area contributed by atoms with Crippen LogP contribution in [0.1, 0.15) is 81.4 Å². The number of fused-ring (bicyclic) bond motifs is 8. The van der Waals surface area contributed by atoms with E-state index in [1.807, 2.05) is 0 Å². The fourth-order valence-electron chi connectivity index (χ4n) is 8.93. The Morgan fingerprint density at radius 3 is 1.41 bits per heavy atom. The van der Waals surface area contributed by atoms with Gasteiger partial charge in [-0.3, -0.25) is 0 Å². The lowest BCUT2D eigenvalue weighted by Gasteiger charge is -2.30. The maximum Gasteiger partial charge on any atom is 0.133 e. The van der Waals surface area contributed by atoms with Crippen molar-refractivity contribution in [2.75, 3.05) is 9.80 Å². The van der Waals surface area contributed by atoms with Crippen LogP contribution in [0.25, 0.3) is 29.9 Å². The standard InChI is InChI=1S/C50H44N2O2/c1-31-5-13-35(14-6-31)51(36-15-7-32(2)8-16-36)39-21-23-43-47(29-39)53-45-27-25-42-41(49(43)45)26-28-46-50(42)44-24-22-40(30-48(44)54-46)52(37-17-9-33(3)10-18-37)38-19-11-34(4)12-20-38/h5-20,25,27-30,41H,21-24,26H2,1-4H3. The molecule has 1 atom stereocenters. The second kappa shape index (κ2) is 12.8. The quantitative estimate of drug-likeness (QED) is 0.173. The Bertz CT molecular complexity index is 2550. The lowest BCUT2D eigenvalue weighted by Crippen LogP contribution is -2.32. The normalized spacial score (nSPS) is 16.6. The first-order valence-electron chi connectivity index (χ1n) is 19.4. The fraction of sp³-hybridized carbons (Fsp3) is 0.200. The van der Waals surface area contributed by atoms with Gasteiger partial charge in [0.25, 0.3) is 0 Å². The van der Waals surface area contributed by atoms with E-state index in [0.717, 1.165) is 54.8 Å². The van der Waals surface area contributed by atoms with Gasteiger partial charge in [0.15, 0.2) is 0 Å². The number of aryl methyl sites for hydroxylation is 4. The minimum atomic E-state index is 0.258. The number of hydrogen-bond donors (Lipinski definition) is 0. The van der Waals surface area contributed by atoms with Gasteiger partial charge >= 0.3 is 0 Å². The van der Waals surface area contributed by atoms with Crippen molar-refractivity contribution in [3.8, 4) is 0 Å². The van der Waals surface area contributed by atoms with Crippen LogP contribution in [-0.2, 0) is 12.8 Å². The van der Waals surface area contributed by atoms with Crippen LogP contribution >= 0.6 is 0 Å². The van der Waals surface area contributed by atoms with Crippen molar-refractivity contribution < 1.29 is 8.83 Å². The van der Waals surface area contributed by atoms with Gasteiger partial charge in [-0.25, -0.2) is 0 Å². The molecule has 0 radical (unpaired) electrons. The molecule has 4 aliphatic rings. The summed E-state index contributed by atoms with van der Waals surface area (Å²) in [6, 6.07) is 35.4. The molecule has 0 bridgehead atoms. The van der Waals surface area contributed by atoms with Gasteiger partial charge in [0, 0.05) is 74.1 Å². The Kier molecular flexibility index (Phi) is 7.76. The third-order valence-corrected chi connectivity index (χ3v) is 11.7. The Balaban J connectivity index is 1.03. The summed E-state index contributed by atoms with van der Waals surface area (Å²) in [5.41, 5.74) is 18.7. The van der Waals surface area contributed by atoms with Crippen molar-refractivity contribution in [2.45, 2.75) is 65.7 Å². The molecule has 2 aromatic heterocycles. The minimum absolute atomic E-state index is 0.258. The highest BCUT2D eigenvalue weighted by Gasteiger charge is 2.35. The zero-order valence-electron chi connectivity index (χ0n) is 31.4. The lowest BCUT2D eigenvalue weighted by molar-refractivity contribution is 0.512. The predicted octanol–water partition coefficient (Wildman–Crippen LogP) is 11.5. The molecule has 4 aliphatic carbocycles. The third kappa shape index (κ3) is 5.51. The highest BCUT2D eigenvalue weighted by Crippen LogP contribution is 2.47. The maximum absolute atomic E-state index is 6.74. The molecule has 0 amide bonds. The summed E-state index contributed by atoms with van der Waals surface area (Å²) in [5.74, 6) is 3.25. The zero-order chi connectivity index (χ0) is 36.5. The fourth-order valence-corrected chi connectivity index (χ4v) is 8.93. The summed E-state index contributed by atoms with van der Waals surface area (Å²) in [6.45, 7) is 8.57. The third-order valence-electron chi connectivity index (χ3n) is 11.7. The molecule has 4 heteroatoms. The number of anilines is 4. The number of furan rings is 2. The van der Waals surface area contributed by atoms with Gasteiger partial charge in [0.1, 0.15) is 22.7 Å². The Morgan fingerprint density at radius 2 is 0.926 bits per heavy atom. The summed E-state index contributed by atoms with van der Waals surface area (Å²) in [7, 11) is 0. The Hall–Kier alpha value is -6.00. The second-order valence-electron chi connectivity index (χ2n) is 15.5. The van der Waals surface area contributed by atoms with E-state index >= 15 is 0 Å².